The first kappa shape index (κ1) is 27.1. The number of nitrogens with zero attached hydrogens (tertiary/aromatic N) is 1. The zero-order valence-electron chi connectivity index (χ0n) is 21.9. The minimum atomic E-state index is -3.74. The van der Waals surface area contributed by atoms with Crippen molar-refractivity contribution in [1.82, 2.24) is 0 Å². The van der Waals surface area contributed by atoms with E-state index in [1.54, 1.807) is 36.4 Å². The lowest BCUT2D eigenvalue weighted by Crippen LogP contribution is -2.45. The highest BCUT2D eigenvalue weighted by molar-refractivity contribution is 7.92. The summed E-state index contributed by atoms with van der Waals surface area (Å²) in [6.07, 6.45) is 1.08. The van der Waals surface area contributed by atoms with Crippen LogP contribution in [0, 0.1) is 13.8 Å². The van der Waals surface area contributed by atoms with E-state index >= 15 is 0 Å². The van der Waals surface area contributed by atoms with Gasteiger partial charge in [0.05, 0.1) is 11.9 Å². The summed E-state index contributed by atoms with van der Waals surface area (Å²) in [5, 5.41) is 2.77. The Labute approximate surface area is 214 Å². The third-order valence-electron chi connectivity index (χ3n) is 6.24. The van der Waals surface area contributed by atoms with Crippen molar-refractivity contribution in [3.63, 3.8) is 0 Å². The van der Waals surface area contributed by atoms with Crippen LogP contribution < -0.4 is 9.62 Å². The molecule has 0 fully saturated rings. The molecule has 0 aliphatic carbocycles. The van der Waals surface area contributed by atoms with Crippen molar-refractivity contribution in [2.45, 2.75) is 53.0 Å². The molecule has 0 heterocycles. The highest BCUT2D eigenvalue weighted by atomic mass is 32.2. The van der Waals surface area contributed by atoms with E-state index in [0.29, 0.717) is 22.5 Å². The summed E-state index contributed by atoms with van der Waals surface area (Å²) < 4.78 is 26.3. The van der Waals surface area contributed by atoms with Gasteiger partial charge in [-0.05, 0) is 67.1 Å². The summed E-state index contributed by atoms with van der Waals surface area (Å²) >= 11 is 0. The molecule has 0 aromatic heterocycles. The molecule has 1 N–H and O–H groups in total. The molecule has 1 atom stereocenters. The van der Waals surface area contributed by atoms with Gasteiger partial charge in [-0.15, -0.1) is 0 Å². The van der Waals surface area contributed by atoms with E-state index in [4.69, 9.17) is 0 Å². The van der Waals surface area contributed by atoms with Gasteiger partial charge in [0.2, 0.25) is 15.9 Å². The second-order valence-corrected chi connectivity index (χ2v) is 12.1. The molecule has 0 unspecified atom stereocenters. The predicted octanol–water partition coefficient (Wildman–Crippen LogP) is 5.63. The first-order valence-electron chi connectivity index (χ1n) is 11.8. The van der Waals surface area contributed by atoms with Crippen LogP contribution in [0.1, 0.15) is 60.3 Å². The van der Waals surface area contributed by atoms with E-state index in [9.17, 15) is 18.0 Å². The number of carbonyl (C=O) groups is 2. The summed E-state index contributed by atoms with van der Waals surface area (Å²) in [5.74, 6) is -0.662. The number of benzene rings is 3. The molecular formula is C29H34N2O4S. The van der Waals surface area contributed by atoms with Crippen molar-refractivity contribution in [3.8, 4) is 0 Å². The lowest BCUT2D eigenvalue weighted by molar-refractivity contribution is -0.116. The molecule has 190 valence electrons. The lowest BCUT2D eigenvalue weighted by Gasteiger charge is -2.28. The minimum Gasteiger partial charge on any atom is -0.324 e. The average molecular weight is 507 g/mol. The molecule has 0 saturated carbocycles. The van der Waals surface area contributed by atoms with Crippen LogP contribution in [0.25, 0.3) is 0 Å². The quantitative estimate of drug-likeness (QED) is 0.421. The second-order valence-electron chi connectivity index (χ2n) is 10.2. The number of sulfonamides is 1. The van der Waals surface area contributed by atoms with Crippen molar-refractivity contribution in [2.24, 2.45) is 0 Å². The van der Waals surface area contributed by atoms with Gasteiger partial charge < -0.3 is 5.32 Å². The van der Waals surface area contributed by atoms with Crippen molar-refractivity contribution in [2.75, 3.05) is 15.9 Å². The van der Waals surface area contributed by atoms with Crippen molar-refractivity contribution < 1.29 is 18.0 Å². The maximum Gasteiger partial charge on any atom is 0.247 e. The van der Waals surface area contributed by atoms with E-state index in [1.165, 1.54) is 6.92 Å². The molecule has 1 amide bonds. The van der Waals surface area contributed by atoms with Gasteiger partial charge in [0.15, 0.2) is 5.78 Å². The molecule has 0 radical (unpaired) electrons. The number of ketones is 1. The number of rotatable bonds is 7. The second kappa shape index (κ2) is 10.3. The zero-order valence-corrected chi connectivity index (χ0v) is 22.7. The zero-order chi connectivity index (χ0) is 26.8. The number of anilines is 2. The maximum atomic E-state index is 13.1. The molecule has 36 heavy (non-hydrogen) atoms. The van der Waals surface area contributed by atoms with Crippen molar-refractivity contribution in [3.05, 3.63) is 94.5 Å². The third-order valence-corrected chi connectivity index (χ3v) is 7.48. The fourth-order valence-corrected chi connectivity index (χ4v) is 5.11. The van der Waals surface area contributed by atoms with Crippen LogP contribution >= 0.6 is 0 Å². The predicted molar refractivity (Wildman–Crippen MR) is 146 cm³/mol. The minimum absolute atomic E-state index is 0.0143. The average Bonchev–Trinajstić information content (AvgIpc) is 2.79. The SMILES string of the molecule is Cc1ccc(N([C@@H](C)C(=O)Nc2cccc(C(=O)c3ccc(C(C)(C)C)cc3)c2)S(C)(=O)=O)cc1C. The van der Waals surface area contributed by atoms with Crippen LogP contribution in [-0.4, -0.2) is 32.4 Å². The molecular weight excluding hydrogens is 472 g/mol. The van der Waals surface area contributed by atoms with Gasteiger partial charge in [0.1, 0.15) is 6.04 Å². The van der Waals surface area contributed by atoms with Gasteiger partial charge in [-0.1, -0.05) is 63.2 Å². The van der Waals surface area contributed by atoms with E-state index in [0.717, 1.165) is 27.3 Å². The van der Waals surface area contributed by atoms with E-state index < -0.39 is 22.0 Å². The van der Waals surface area contributed by atoms with Crippen molar-refractivity contribution >= 4 is 33.1 Å². The van der Waals surface area contributed by atoms with Crippen LogP contribution in [0.2, 0.25) is 0 Å². The Hall–Kier alpha value is -3.45. The molecule has 0 saturated heterocycles. The summed E-state index contributed by atoms with van der Waals surface area (Å²) in [7, 11) is -3.74. The molecule has 7 heteroatoms. The molecule has 0 aliphatic rings. The summed E-state index contributed by atoms with van der Waals surface area (Å²) in [5.41, 5.74) is 4.89. The molecule has 6 nitrogen and oxygen atoms in total. The highest BCUT2D eigenvalue weighted by Gasteiger charge is 2.29. The first-order valence-corrected chi connectivity index (χ1v) is 13.7. The fraction of sp³-hybridized carbons (Fsp3) is 0.310. The Bertz CT molecular complexity index is 1390. The van der Waals surface area contributed by atoms with Gasteiger partial charge in [0, 0.05) is 16.8 Å². The maximum absolute atomic E-state index is 13.1. The smallest absolute Gasteiger partial charge is 0.247 e. The van der Waals surface area contributed by atoms with Gasteiger partial charge in [-0.3, -0.25) is 13.9 Å². The molecule has 0 spiro atoms. The number of hydrogen-bond acceptors (Lipinski definition) is 4. The Balaban J connectivity index is 1.83. The number of carbonyl (C=O) groups excluding carboxylic acids is 2. The van der Waals surface area contributed by atoms with Crippen LogP contribution in [0.4, 0.5) is 11.4 Å². The Kier molecular flexibility index (Phi) is 7.74. The molecule has 0 bridgehead atoms. The van der Waals surface area contributed by atoms with E-state index in [-0.39, 0.29) is 11.2 Å². The largest absolute Gasteiger partial charge is 0.324 e. The summed E-state index contributed by atoms with van der Waals surface area (Å²) in [6.45, 7) is 11.7. The topological polar surface area (TPSA) is 83.6 Å². The number of aryl methyl sites for hydroxylation is 2. The fourth-order valence-electron chi connectivity index (χ4n) is 3.94. The number of amides is 1. The molecule has 3 aromatic rings. The Morgan fingerprint density at radius 3 is 2.06 bits per heavy atom. The van der Waals surface area contributed by atoms with Gasteiger partial charge >= 0.3 is 0 Å². The van der Waals surface area contributed by atoms with Crippen LogP contribution in [0.15, 0.2) is 66.7 Å². The normalized spacial score (nSPS) is 12.6. The van der Waals surface area contributed by atoms with Crippen LogP contribution in [0.3, 0.4) is 0 Å². The molecule has 3 aromatic carbocycles. The van der Waals surface area contributed by atoms with Gasteiger partial charge in [-0.25, -0.2) is 8.42 Å². The third kappa shape index (κ3) is 6.21. The first-order chi connectivity index (χ1) is 16.7. The van der Waals surface area contributed by atoms with E-state index in [2.05, 4.69) is 26.1 Å². The monoisotopic (exact) mass is 506 g/mol. The lowest BCUT2D eigenvalue weighted by atomic mass is 9.86. The Morgan fingerprint density at radius 1 is 0.861 bits per heavy atom. The number of hydrogen-bond donors (Lipinski definition) is 1. The summed E-state index contributed by atoms with van der Waals surface area (Å²) in [6, 6.07) is 18.4. The number of nitrogens with one attached hydrogen (secondary N) is 1. The molecule has 3 rings (SSSR count). The molecule has 0 aliphatic heterocycles. The van der Waals surface area contributed by atoms with Gasteiger partial charge in [0.25, 0.3) is 0 Å². The highest BCUT2D eigenvalue weighted by Crippen LogP contribution is 2.26. The van der Waals surface area contributed by atoms with Crippen LogP contribution in [-0.2, 0) is 20.2 Å². The van der Waals surface area contributed by atoms with Crippen molar-refractivity contribution in [1.29, 1.82) is 0 Å². The summed E-state index contributed by atoms with van der Waals surface area (Å²) in [4.78, 5) is 26.2. The van der Waals surface area contributed by atoms with E-state index in [1.807, 2.05) is 44.2 Å². The standard InChI is InChI=1S/C29H34N2O4S/c1-19-11-16-26(17-20(19)2)31(36(7,34)35)21(3)28(33)30-25-10-8-9-23(18-25)27(32)22-12-14-24(15-13-22)29(4,5)6/h8-18,21H,1-7H3,(H,30,33)/t21-/m0/s1. The van der Waals surface area contributed by atoms with Crippen LogP contribution in [0.5, 0.6) is 0 Å². The van der Waals surface area contributed by atoms with Gasteiger partial charge in [-0.2, -0.15) is 0 Å². The Morgan fingerprint density at radius 2 is 1.50 bits per heavy atom.